The Morgan fingerprint density at radius 3 is 2.56 bits per heavy atom. The number of hydrogen-bond donors (Lipinski definition) is 2. The summed E-state index contributed by atoms with van der Waals surface area (Å²) >= 11 is 1.76. The lowest BCUT2D eigenvalue weighted by molar-refractivity contribution is 0.299. The van der Waals surface area contributed by atoms with Crippen molar-refractivity contribution >= 4 is 17.0 Å². The van der Waals surface area contributed by atoms with E-state index in [0.29, 0.717) is 0 Å². The van der Waals surface area contributed by atoms with Gasteiger partial charge >= 0.3 is 0 Å². The van der Waals surface area contributed by atoms with Crippen molar-refractivity contribution in [3.63, 3.8) is 0 Å². The molecule has 1 aromatic heterocycles. The fourth-order valence-electron chi connectivity index (χ4n) is 1.52. The highest BCUT2D eigenvalue weighted by molar-refractivity contribution is 7.09. The summed E-state index contributed by atoms with van der Waals surface area (Å²) in [7, 11) is 0. The van der Waals surface area contributed by atoms with Crippen molar-refractivity contribution < 1.29 is 5.11 Å². The first kappa shape index (κ1) is 11.2. The van der Waals surface area contributed by atoms with Gasteiger partial charge in [0.05, 0.1) is 0 Å². The molecule has 0 saturated heterocycles. The van der Waals surface area contributed by atoms with Gasteiger partial charge in [-0.15, -0.1) is 11.3 Å². The summed E-state index contributed by atoms with van der Waals surface area (Å²) in [5.74, 6) is 0. The summed E-state index contributed by atoms with van der Waals surface area (Å²) in [5, 5.41) is 14.3. The van der Waals surface area contributed by atoms with Gasteiger partial charge in [-0.1, -0.05) is 18.2 Å². The van der Waals surface area contributed by atoms with Crippen LogP contribution < -0.4 is 5.32 Å². The number of thiophene rings is 1. The summed E-state index contributed by atoms with van der Waals surface area (Å²) in [6, 6.07) is 12.4. The lowest BCUT2D eigenvalue weighted by atomic mass is 10.1. The molecule has 1 aromatic carbocycles. The molecule has 1 heterocycles. The maximum Gasteiger partial charge on any atom is 0.0494 e. The molecule has 0 unspecified atom stereocenters. The Balaban J connectivity index is 1.90. The summed E-state index contributed by atoms with van der Waals surface area (Å²) in [4.78, 5) is 1.33. The third-order valence-electron chi connectivity index (χ3n) is 2.40. The van der Waals surface area contributed by atoms with Crippen LogP contribution in [0.3, 0.4) is 0 Å². The Labute approximate surface area is 99.6 Å². The topological polar surface area (TPSA) is 32.3 Å². The van der Waals surface area contributed by atoms with Gasteiger partial charge in [-0.3, -0.25) is 0 Å². The number of rotatable bonds is 5. The standard InChI is InChI=1S/C13H15NOS/c15-8-7-11-3-5-12(6-4-11)14-10-13-2-1-9-16-13/h1-6,9,14-15H,7-8,10H2. The maximum absolute atomic E-state index is 8.80. The first-order valence-electron chi connectivity index (χ1n) is 5.34. The molecule has 2 rings (SSSR count). The van der Waals surface area contributed by atoms with Gasteiger partial charge in [0.2, 0.25) is 0 Å². The van der Waals surface area contributed by atoms with Crippen LogP contribution in [-0.2, 0) is 13.0 Å². The van der Waals surface area contributed by atoms with E-state index < -0.39 is 0 Å². The smallest absolute Gasteiger partial charge is 0.0494 e. The molecule has 0 bridgehead atoms. The molecule has 0 radical (unpaired) electrons. The van der Waals surface area contributed by atoms with Gasteiger partial charge in [-0.25, -0.2) is 0 Å². The average Bonchev–Trinajstić information content (AvgIpc) is 2.82. The Hall–Kier alpha value is -1.32. The van der Waals surface area contributed by atoms with Crippen LogP contribution in [0, 0.1) is 0 Å². The van der Waals surface area contributed by atoms with E-state index in [4.69, 9.17) is 5.11 Å². The molecule has 0 saturated carbocycles. The first-order valence-corrected chi connectivity index (χ1v) is 6.22. The molecule has 0 aliphatic carbocycles. The van der Waals surface area contributed by atoms with Crippen LogP contribution in [0.1, 0.15) is 10.4 Å². The molecule has 0 amide bonds. The third-order valence-corrected chi connectivity index (χ3v) is 3.28. The predicted octanol–water partition coefficient (Wildman–Crippen LogP) is 2.90. The van der Waals surface area contributed by atoms with Crippen molar-refractivity contribution in [2.24, 2.45) is 0 Å². The lowest BCUT2D eigenvalue weighted by Crippen LogP contribution is -1.97. The van der Waals surface area contributed by atoms with Crippen LogP contribution in [0.2, 0.25) is 0 Å². The molecule has 84 valence electrons. The Morgan fingerprint density at radius 2 is 1.94 bits per heavy atom. The minimum atomic E-state index is 0.210. The van der Waals surface area contributed by atoms with Crippen LogP contribution in [0.25, 0.3) is 0 Å². The summed E-state index contributed by atoms with van der Waals surface area (Å²) in [6.07, 6.45) is 0.727. The number of hydrogen-bond acceptors (Lipinski definition) is 3. The van der Waals surface area contributed by atoms with E-state index in [9.17, 15) is 0 Å². The predicted molar refractivity (Wildman–Crippen MR) is 68.9 cm³/mol. The number of aliphatic hydroxyl groups excluding tert-OH is 1. The molecular formula is C13H15NOS. The maximum atomic E-state index is 8.80. The van der Waals surface area contributed by atoms with Gasteiger partial charge < -0.3 is 10.4 Å². The molecule has 0 spiro atoms. The van der Waals surface area contributed by atoms with E-state index in [1.807, 2.05) is 12.1 Å². The van der Waals surface area contributed by atoms with Crippen molar-refractivity contribution in [3.05, 3.63) is 52.2 Å². The minimum Gasteiger partial charge on any atom is -0.396 e. The Morgan fingerprint density at radius 1 is 1.12 bits per heavy atom. The van der Waals surface area contributed by atoms with Crippen LogP contribution in [0.5, 0.6) is 0 Å². The van der Waals surface area contributed by atoms with E-state index in [-0.39, 0.29) is 6.61 Å². The van der Waals surface area contributed by atoms with Crippen molar-refractivity contribution in [2.75, 3.05) is 11.9 Å². The summed E-state index contributed by atoms with van der Waals surface area (Å²) in [5.41, 5.74) is 2.29. The van der Waals surface area contributed by atoms with E-state index in [0.717, 1.165) is 18.7 Å². The number of nitrogens with one attached hydrogen (secondary N) is 1. The zero-order valence-corrected chi connectivity index (χ0v) is 9.83. The van der Waals surface area contributed by atoms with Crippen LogP contribution in [0.15, 0.2) is 41.8 Å². The van der Waals surface area contributed by atoms with Gasteiger partial charge in [0, 0.05) is 23.7 Å². The molecule has 0 atom stereocenters. The SMILES string of the molecule is OCCc1ccc(NCc2cccs2)cc1. The van der Waals surface area contributed by atoms with E-state index in [1.165, 1.54) is 10.4 Å². The lowest BCUT2D eigenvalue weighted by Gasteiger charge is -2.05. The molecule has 0 aliphatic rings. The van der Waals surface area contributed by atoms with Gasteiger partial charge in [0.15, 0.2) is 0 Å². The molecule has 3 heteroatoms. The van der Waals surface area contributed by atoms with E-state index in [1.54, 1.807) is 11.3 Å². The van der Waals surface area contributed by atoms with Gasteiger partial charge in [0.1, 0.15) is 0 Å². The highest BCUT2D eigenvalue weighted by atomic mass is 32.1. The zero-order valence-electron chi connectivity index (χ0n) is 9.02. The molecule has 2 aromatic rings. The van der Waals surface area contributed by atoms with Crippen LogP contribution in [0.4, 0.5) is 5.69 Å². The van der Waals surface area contributed by atoms with E-state index in [2.05, 4.69) is 35.0 Å². The molecular weight excluding hydrogens is 218 g/mol. The summed E-state index contributed by atoms with van der Waals surface area (Å²) < 4.78 is 0. The molecule has 2 nitrogen and oxygen atoms in total. The first-order chi connectivity index (χ1) is 7.88. The molecule has 0 aliphatic heterocycles. The van der Waals surface area contributed by atoms with Gasteiger partial charge in [-0.05, 0) is 35.6 Å². The minimum absolute atomic E-state index is 0.210. The van der Waals surface area contributed by atoms with Gasteiger partial charge in [-0.2, -0.15) is 0 Å². The second kappa shape index (κ2) is 5.68. The quantitative estimate of drug-likeness (QED) is 0.832. The number of aliphatic hydroxyl groups is 1. The normalized spacial score (nSPS) is 10.3. The molecule has 16 heavy (non-hydrogen) atoms. The molecule has 0 fully saturated rings. The Kier molecular flexibility index (Phi) is 3.97. The van der Waals surface area contributed by atoms with Crippen molar-refractivity contribution in [1.82, 2.24) is 0 Å². The second-order valence-corrected chi connectivity index (χ2v) is 4.64. The van der Waals surface area contributed by atoms with Crippen LogP contribution >= 0.6 is 11.3 Å². The van der Waals surface area contributed by atoms with Crippen molar-refractivity contribution in [2.45, 2.75) is 13.0 Å². The number of anilines is 1. The fourth-order valence-corrected chi connectivity index (χ4v) is 2.17. The third kappa shape index (κ3) is 3.08. The zero-order chi connectivity index (χ0) is 11.2. The van der Waals surface area contributed by atoms with Crippen molar-refractivity contribution in [3.8, 4) is 0 Å². The largest absolute Gasteiger partial charge is 0.396 e. The monoisotopic (exact) mass is 233 g/mol. The van der Waals surface area contributed by atoms with E-state index >= 15 is 0 Å². The highest BCUT2D eigenvalue weighted by Crippen LogP contribution is 2.14. The second-order valence-electron chi connectivity index (χ2n) is 3.60. The summed E-state index contributed by atoms with van der Waals surface area (Å²) in [6.45, 7) is 1.08. The van der Waals surface area contributed by atoms with Crippen molar-refractivity contribution in [1.29, 1.82) is 0 Å². The fraction of sp³-hybridized carbons (Fsp3) is 0.231. The number of benzene rings is 1. The molecule has 2 N–H and O–H groups in total. The van der Waals surface area contributed by atoms with Gasteiger partial charge in [0.25, 0.3) is 0 Å². The van der Waals surface area contributed by atoms with Crippen LogP contribution in [-0.4, -0.2) is 11.7 Å². The average molecular weight is 233 g/mol. The Bertz CT molecular complexity index is 408. The highest BCUT2D eigenvalue weighted by Gasteiger charge is 1.95.